The summed E-state index contributed by atoms with van der Waals surface area (Å²) < 4.78 is 12.1. The molecule has 10 heteroatoms. The average molecular weight is 454 g/mol. The SMILES string of the molecule is O=C(Nc1ccc2c(c1)OCO2)C1CCN(C(=O)c2cn(-c3ccccc3Cl)nn2)CC1. The molecule has 32 heavy (non-hydrogen) atoms. The van der Waals surface area contributed by atoms with Crippen molar-refractivity contribution in [2.45, 2.75) is 12.8 Å². The molecule has 2 aliphatic heterocycles. The highest BCUT2D eigenvalue weighted by Gasteiger charge is 2.29. The van der Waals surface area contributed by atoms with Crippen LogP contribution >= 0.6 is 11.6 Å². The van der Waals surface area contributed by atoms with Crippen LogP contribution < -0.4 is 14.8 Å². The van der Waals surface area contributed by atoms with E-state index in [2.05, 4.69) is 15.6 Å². The Morgan fingerprint density at radius 1 is 1.06 bits per heavy atom. The molecule has 1 N–H and O–H groups in total. The fraction of sp³-hybridized carbons (Fsp3) is 0.273. The molecule has 0 atom stereocenters. The third kappa shape index (κ3) is 3.99. The van der Waals surface area contributed by atoms with Gasteiger partial charge in [0.15, 0.2) is 17.2 Å². The molecule has 164 valence electrons. The number of aromatic nitrogens is 3. The average Bonchev–Trinajstić information content (AvgIpc) is 3.48. The van der Waals surface area contributed by atoms with E-state index in [0.717, 1.165) is 0 Å². The molecule has 3 heterocycles. The van der Waals surface area contributed by atoms with Gasteiger partial charge in [0.2, 0.25) is 12.7 Å². The first-order valence-corrected chi connectivity index (χ1v) is 10.6. The molecule has 0 aliphatic carbocycles. The number of halogens is 1. The second-order valence-electron chi connectivity index (χ2n) is 7.62. The van der Waals surface area contributed by atoms with Crippen LogP contribution in [0, 0.1) is 5.92 Å². The van der Waals surface area contributed by atoms with Gasteiger partial charge >= 0.3 is 0 Å². The number of nitrogens with one attached hydrogen (secondary N) is 1. The molecule has 1 fully saturated rings. The van der Waals surface area contributed by atoms with Crippen LogP contribution in [-0.2, 0) is 4.79 Å². The van der Waals surface area contributed by atoms with Crippen molar-refractivity contribution in [3.05, 3.63) is 59.4 Å². The number of likely N-dealkylation sites (tertiary alicyclic amines) is 1. The van der Waals surface area contributed by atoms with Crippen LogP contribution in [-0.4, -0.2) is 51.6 Å². The van der Waals surface area contributed by atoms with Crippen LogP contribution in [0.25, 0.3) is 5.69 Å². The number of amides is 2. The monoisotopic (exact) mass is 453 g/mol. The van der Waals surface area contributed by atoms with Crippen LogP contribution in [0.1, 0.15) is 23.3 Å². The maximum absolute atomic E-state index is 12.9. The lowest BCUT2D eigenvalue weighted by Gasteiger charge is -2.30. The Morgan fingerprint density at radius 3 is 2.66 bits per heavy atom. The largest absolute Gasteiger partial charge is 0.454 e. The van der Waals surface area contributed by atoms with E-state index in [-0.39, 0.29) is 30.2 Å². The highest BCUT2D eigenvalue weighted by atomic mass is 35.5. The number of para-hydroxylation sites is 1. The van der Waals surface area contributed by atoms with Gasteiger partial charge in [0.25, 0.3) is 5.91 Å². The van der Waals surface area contributed by atoms with Gasteiger partial charge in [-0.05, 0) is 37.1 Å². The molecule has 0 spiro atoms. The molecule has 0 saturated carbocycles. The van der Waals surface area contributed by atoms with Gasteiger partial charge < -0.3 is 19.7 Å². The molecule has 0 radical (unpaired) electrons. The Balaban J connectivity index is 1.18. The highest BCUT2D eigenvalue weighted by Crippen LogP contribution is 2.34. The summed E-state index contributed by atoms with van der Waals surface area (Å²) in [6.07, 6.45) is 2.71. The van der Waals surface area contributed by atoms with Gasteiger partial charge in [-0.1, -0.05) is 28.9 Å². The molecule has 2 amide bonds. The first-order chi connectivity index (χ1) is 15.6. The number of hydrogen-bond acceptors (Lipinski definition) is 6. The number of carbonyl (C=O) groups excluding carboxylic acids is 2. The summed E-state index contributed by atoms with van der Waals surface area (Å²) in [6.45, 7) is 1.12. The Kier molecular flexibility index (Phi) is 5.40. The third-order valence-electron chi connectivity index (χ3n) is 5.60. The minimum atomic E-state index is -0.210. The summed E-state index contributed by atoms with van der Waals surface area (Å²) in [5.41, 5.74) is 1.56. The number of piperidine rings is 1. The Labute approximate surface area is 188 Å². The molecule has 3 aromatic rings. The Bertz CT molecular complexity index is 1170. The number of hydrogen-bond donors (Lipinski definition) is 1. The minimum absolute atomic E-state index is 0.0689. The van der Waals surface area contributed by atoms with Crippen molar-refractivity contribution < 1.29 is 19.1 Å². The first kappa shape index (κ1) is 20.3. The van der Waals surface area contributed by atoms with Crippen LogP contribution in [0.5, 0.6) is 11.5 Å². The maximum Gasteiger partial charge on any atom is 0.276 e. The zero-order chi connectivity index (χ0) is 22.1. The Morgan fingerprint density at radius 2 is 1.84 bits per heavy atom. The van der Waals surface area contributed by atoms with Crippen LogP contribution in [0.2, 0.25) is 5.02 Å². The van der Waals surface area contributed by atoms with Gasteiger partial charge in [-0.3, -0.25) is 9.59 Å². The fourth-order valence-electron chi connectivity index (χ4n) is 3.84. The molecular weight excluding hydrogens is 434 g/mol. The van der Waals surface area contributed by atoms with Gasteiger partial charge in [0, 0.05) is 30.8 Å². The number of benzene rings is 2. The van der Waals surface area contributed by atoms with Gasteiger partial charge in [-0.15, -0.1) is 5.10 Å². The van der Waals surface area contributed by atoms with Crippen LogP contribution in [0.15, 0.2) is 48.7 Å². The van der Waals surface area contributed by atoms with E-state index in [1.54, 1.807) is 41.4 Å². The summed E-state index contributed by atoms with van der Waals surface area (Å²) in [5.74, 6) is 0.830. The smallest absolute Gasteiger partial charge is 0.276 e. The van der Waals surface area contributed by atoms with Crippen molar-refractivity contribution in [2.24, 2.45) is 5.92 Å². The van der Waals surface area contributed by atoms with Crippen molar-refractivity contribution in [2.75, 3.05) is 25.2 Å². The molecule has 1 saturated heterocycles. The number of fused-ring (bicyclic) bond motifs is 1. The number of rotatable bonds is 4. The molecular formula is C22H20ClN5O4. The first-order valence-electron chi connectivity index (χ1n) is 10.3. The maximum atomic E-state index is 12.9. The second kappa shape index (κ2) is 8.51. The minimum Gasteiger partial charge on any atom is -0.454 e. The van der Waals surface area contributed by atoms with Crippen molar-refractivity contribution in [1.82, 2.24) is 19.9 Å². The standard InChI is InChI=1S/C22H20ClN5O4/c23-16-3-1-2-4-18(16)28-12-17(25-26-28)22(30)27-9-7-14(8-10-27)21(29)24-15-5-6-19-20(11-15)32-13-31-19/h1-6,11-12,14H,7-10,13H2,(H,24,29). The van der Waals surface area contributed by atoms with E-state index in [1.165, 1.54) is 4.68 Å². The highest BCUT2D eigenvalue weighted by molar-refractivity contribution is 6.32. The summed E-state index contributed by atoms with van der Waals surface area (Å²) >= 11 is 6.19. The van der Waals surface area contributed by atoms with Crippen LogP contribution in [0.4, 0.5) is 5.69 Å². The zero-order valence-corrected chi connectivity index (χ0v) is 17.8. The van der Waals surface area contributed by atoms with Gasteiger partial charge in [-0.2, -0.15) is 0 Å². The third-order valence-corrected chi connectivity index (χ3v) is 5.92. The quantitative estimate of drug-likeness (QED) is 0.651. The zero-order valence-electron chi connectivity index (χ0n) is 17.0. The molecule has 2 aliphatic rings. The molecule has 5 rings (SSSR count). The predicted octanol–water partition coefficient (Wildman–Crippen LogP) is 3.14. The number of ether oxygens (including phenoxy) is 2. The fourth-order valence-corrected chi connectivity index (χ4v) is 4.06. The van der Waals surface area contributed by atoms with Crippen molar-refractivity contribution in [3.8, 4) is 17.2 Å². The molecule has 2 aromatic carbocycles. The van der Waals surface area contributed by atoms with E-state index < -0.39 is 0 Å². The summed E-state index contributed by atoms with van der Waals surface area (Å²) in [5, 5.41) is 11.5. The van der Waals surface area contributed by atoms with E-state index >= 15 is 0 Å². The van der Waals surface area contributed by atoms with Gasteiger partial charge in [-0.25, -0.2) is 4.68 Å². The number of anilines is 1. The topological polar surface area (TPSA) is 98.6 Å². The predicted molar refractivity (Wildman–Crippen MR) is 116 cm³/mol. The Hall–Kier alpha value is -3.59. The summed E-state index contributed by atoms with van der Waals surface area (Å²) in [4.78, 5) is 27.2. The van der Waals surface area contributed by atoms with E-state index in [0.29, 0.717) is 53.8 Å². The molecule has 9 nitrogen and oxygen atoms in total. The van der Waals surface area contributed by atoms with Gasteiger partial charge in [0.05, 0.1) is 16.9 Å². The summed E-state index contributed by atoms with van der Waals surface area (Å²) in [7, 11) is 0. The van der Waals surface area contributed by atoms with Crippen LogP contribution in [0.3, 0.4) is 0 Å². The number of nitrogens with zero attached hydrogens (tertiary/aromatic N) is 4. The van der Waals surface area contributed by atoms with E-state index in [1.807, 2.05) is 12.1 Å². The lowest BCUT2D eigenvalue weighted by molar-refractivity contribution is -0.121. The lowest BCUT2D eigenvalue weighted by Crippen LogP contribution is -2.41. The number of carbonyl (C=O) groups is 2. The van der Waals surface area contributed by atoms with Crippen molar-refractivity contribution in [3.63, 3.8) is 0 Å². The van der Waals surface area contributed by atoms with Crippen molar-refractivity contribution in [1.29, 1.82) is 0 Å². The molecule has 1 aromatic heterocycles. The normalized spacial score (nSPS) is 15.6. The van der Waals surface area contributed by atoms with E-state index in [4.69, 9.17) is 21.1 Å². The molecule has 0 bridgehead atoms. The second-order valence-corrected chi connectivity index (χ2v) is 8.03. The lowest BCUT2D eigenvalue weighted by atomic mass is 9.95. The van der Waals surface area contributed by atoms with E-state index in [9.17, 15) is 9.59 Å². The van der Waals surface area contributed by atoms with Gasteiger partial charge in [0.1, 0.15) is 0 Å². The summed E-state index contributed by atoms with van der Waals surface area (Å²) in [6, 6.07) is 12.5. The molecule has 0 unspecified atom stereocenters. The van der Waals surface area contributed by atoms with Crippen molar-refractivity contribution >= 4 is 29.1 Å².